The van der Waals surface area contributed by atoms with Crippen molar-refractivity contribution in [3.8, 4) is 5.75 Å². The highest BCUT2D eigenvalue weighted by Gasteiger charge is 2.36. The molecule has 2 heterocycles. The third-order valence-corrected chi connectivity index (χ3v) is 6.68. The average molecular weight is 432 g/mol. The second-order valence-corrected chi connectivity index (χ2v) is 8.79. The summed E-state index contributed by atoms with van der Waals surface area (Å²) < 4.78 is 11.2. The van der Waals surface area contributed by atoms with Gasteiger partial charge in [0.25, 0.3) is 0 Å². The maximum atomic E-state index is 12.5. The zero-order chi connectivity index (χ0) is 22.4. The number of benzene rings is 1. The predicted molar refractivity (Wildman–Crippen MR) is 122 cm³/mol. The number of aryl methyl sites for hydroxylation is 1. The zero-order valence-electron chi connectivity index (χ0n) is 19.4. The quantitative estimate of drug-likeness (QED) is 0.603. The minimum absolute atomic E-state index is 0.0234. The molecule has 2 aliphatic heterocycles. The molecule has 2 aliphatic rings. The first kappa shape index (κ1) is 23.4. The maximum absolute atomic E-state index is 12.5. The Morgan fingerprint density at radius 3 is 2.87 bits per heavy atom. The first-order valence-corrected chi connectivity index (χ1v) is 11.6. The molecule has 7 heteroatoms. The van der Waals surface area contributed by atoms with Crippen molar-refractivity contribution in [3.63, 3.8) is 0 Å². The number of hydrogen-bond acceptors (Lipinski definition) is 5. The van der Waals surface area contributed by atoms with Gasteiger partial charge in [0.05, 0.1) is 6.54 Å². The molecule has 2 saturated heterocycles. The van der Waals surface area contributed by atoms with Gasteiger partial charge in [0.2, 0.25) is 5.91 Å². The first-order valence-electron chi connectivity index (χ1n) is 11.6. The van der Waals surface area contributed by atoms with Crippen LogP contribution in [0.5, 0.6) is 5.75 Å². The minimum atomic E-state index is -0.394. The lowest BCUT2D eigenvalue weighted by Gasteiger charge is -2.23. The molecule has 2 fully saturated rings. The Morgan fingerprint density at radius 2 is 2.10 bits per heavy atom. The number of carbonyl (C=O) groups is 2. The summed E-state index contributed by atoms with van der Waals surface area (Å²) in [4.78, 5) is 28.7. The number of amides is 2. The summed E-state index contributed by atoms with van der Waals surface area (Å²) in [7, 11) is 1.80. The van der Waals surface area contributed by atoms with Crippen LogP contribution in [0.3, 0.4) is 0 Å². The van der Waals surface area contributed by atoms with E-state index in [2.05, 4.69) is 10.2 Å². The highest BCUT2D eigenvalue weighted by atomic mass is 16.5. The number of carbonyl (C=O) groups excluding carboxylic acids is 2. The number of nitrogens with zero attached hydrogens (tertiary/aromatic N) is 2. The van der Waals surface area contributed by atoms with E-state index in [0.717, 1.165) is 30.6 Å². The van der Waals surface area contributed by atoms with Crippen molar-refractivity contribution in [1.82, 2.24) is 10.2 Å². The summed E-state index contributed by atoms with van der Waals surface area (Å²) in [6.45, 7) is 8.21. The third-order valence-electron chi connectivity index (χ3n) is 6.68. The normalized spacial score (nSPS) is 21.4. The molecule has 3 unspecified atom stereocenters. The summed E-state index contributed by atoms with van der Waals surface area (Å²) in [6.07, 6.45) is 5.29. The predicted octanol–water partition coefficient (Wildman–Crippen LogP) is 3.74. The van der Waals surface area contributed by atoms with Crippen molar-refractivity contribution in [2.45, 2.75) is 65.0 Å². The van der Waals surface area contributed by atoms with Gasteiger partial charge in [-0.05, 0) is 57.2 Å². The standard InChI is InChI=1S/C24H37N3O4/c1-5-17(2)23(28)26(4)22-15-21(11-8-18(22)3)30-14-12-25-24(29)31-16-20-10-9-19-7-6-13-27(19)20/h8,11,15,17,19-20H,5-7,9-10,12-14,16H2,1-4H3,(H,25,29). The molecule has 0 aliphatic carbocycles. The maximum Gasteiger partial charge on any atom is 0.407 e. The molecule has 0 saturated carbocycles. The highest BCUT2D eigenvalue weighted by Crippen LogP contribution is 2.32. The fourth-order valence-corrected chi connectivity index (χ4v) is 4.59. The summed E-state index contributed by atoms with van der Waals surface area (Å²) in [5, 5.41) is 2.76. The van der Waals surface area contributed by atoms with Gasteiger partial charge in [-0.2, -0.15) is 0 Å². The van der Waals surface area contributed by atoms with Gasteiger partial charge >= 0.3 is 6.09 Å². The lowest BCUT2D eigenvalue weighted by Crippen LogP contribution is -2.37. The van der Waals surface area contributed by atoms with E-state index in [0.29, 0.717) is 37.6 Å². The van der Waals surface area contributed by atoms with E-state index in [9.17, 15) is 9.59 Å². The van der Waals surface area contributed by atoms with Crippen LogP contribution in [0.25, 0.3) is 0 Å². The number of anilines is 1. The molecule has 2 amide bonds. The van der Waals surface area contributed by atoms with E-state index in [1.54, 1.807) is 11.9 Å². The average Bonchev–Trinajstić information content (AvgIpc) is 3.39. The van der Waals surface area contributed by atoms with Gasteiger partial charge in [-0.3, -0.25) is 9.69 Å². The first-order chi connectivity index (χ1) is 14.9. The van der Waals surface area contributed by atoms with E-state index < -0.39 is 6.09 Å². The summed E-state index contributed by atoms with van der Waals surface area (Å²) in [6, 6.07) is 6.77. The molecule has 3 rings (SSSR count). The van der Waals surface area contributed by atoms with Crippen LogP contribution < -0.4 is 15.0 Å². The van der Waals surface area contributed by atoms with Crippen molar-refractivity contribution in [2.75, 3.05) is 38.3 Å². The van der Waals surface area contributed by atoms with Crippen LogP contribution in [0.2, 0.25) is 0 Å². The van der Waals surface area contributed by atoms with Gasteiger partial charge in [-0.1, -0.05) is 19.9 Å². The second kappa shape index (κ2) is 10.8. The van der Waals surface area contributed by atoms with Crippen molar-refractivity contribution < 1.29 is 19.1 Å². The molecule has 3 atom stereocenters. The van der Waals surface area contributed by atoms with Gasteiger partial charge in [0.15, 0.2) is 0 Å². The molecule has 31 heavy (non-hydrogen) atoms. The number of fused-ring (bicyclic) bond motifs is 1. The number of rotatable bonds is 9. The van der Waals surface area contributed by atoms with E-state index in [1.807, 2.05) is 39.0 Å². The second-order valence-electron chi connectivity index (χ2n) is 8.79. The molecule has 172 valence electrons. The lowest BCUT2D eigenvalue weighted by atomic mass is 10.1. The fraction of sp³-hybridized carbons (Fsp3) is 0.667. The summed E-state index contributed by atoms with van der Waals surface area (Å²) >= 11 is 0. The molecule has 1 N–H and O–H groups in total. The van der Waals surface area contributed by atoms with Gasteiger partial charge in [-0.15, -0.1) is 0 Å². The smallest absolute Gasteiger partial charge is 0.407 e. The van der Waals surface area contributed by atoms with Crippen molar-refractivity contribution in [2.24, 2.45) is 5.92 Å². The summed E-state index contributed by atoms with van der Waals surface area (Å²) in [5.41, 5.74) is 1.85. The van der Waals surface area contributed by atoms with Crippen LogP contribution in [0, 0.1) is 12.8 Å². The Labute approximate surface area is 186 Å². The van der Waals surface area contributed by atoms with Crippen LogP contribution in [0.15, 0.2) is 18.2 Å². The number of alkyl carbamates (subject to hydrolysis) is 1. The Kier molecular flexibility index (Phi) is 8.18. The summed E-state index contributed by atoms with van der Waals surface area (Å²) in [5.74, 6) is 0.741. The largest absolute Gasteiger partial charge is 0.492 e. The van der Waals surface area contributed by atoms with Gasteiger partial charge in [-0.25, -0.2) is 4.79 Å². The number of nitrogens with one attached hydrogen (secondary N) is 1. The van der Waals surface area contributed by atoms with Gasteiger partial charge in [0.1, 0.15) is 19.0 Å². The Hall–Kier alpha value is -2.28. The van der Waals surface area contributed by atoms with E-state index in [4.69, 9.17) is 9.47 Å². The Balaban J connectivity index is 1.40. The van der Waals surface area contributed by atoms with E-state index in [-0.39, 0.29) is 11.8 Å². The minimum Gasteiger partial charge on any atom is -0.492 e. The molecule has 0 aromatic heterocycles. The van der Waals surface area contributed by atoms with Crippen LogP contribution >= 0.6 is 0 Å². The van der Waals surface area contributed by atoms with Crippen LogP contribution in [0.4, 0.5) is 10.5 Å². The molecule has 7 nitrogen and oxygen atoms in total. The Bertz CT molecular complexity index is 769. The molecule has 0 bridgehead atoms. The fourth-order valence-electron chi connectivity index (χ4n) is 4.59. The molecule has 1 aromatic carbocycles. The van der Waals surface area contributed by atoms with Crippen molar-refractivity contribution in [3.05, 3.63) is 23.8 Å². The molecule has 1 aromatic rings. The van der Waals surface area contributed by atoms with Gasteiger partial charge < -0.3 is 19.7 Å². The zero-order valence-corrected chi connectivity index (χ0v) is 19.4. The van der Waals surface area contributed by atoms with E-state index >= 15 is 0 Å². The van der Waals surface area contributed by atoms with Crippen LogP contribution in [-0.4, -0.2) is 62.3 Å². The number of ether oxygens (including phenoxy) is 2. The van der Waals surface area contributed by atoms with Crippen molar-refractivity contribution in [1.29, 1.82) is 0 Å². The number of hydrogen-bond donors (Lipinski definition) is 1. The Morgan fingerprint density at radius 1 is 1.29 bits per heavy atom. The molecular weight excluding hydrogens is 394 g/mol. The van der Waals surface area contributed by atoms with Crippen LogP contribution in [-0.2, 0) is 9.53 Å². The van der Waals surface area contributed by atoms with E-state index in [1.165, 1.54) is 19.3 Å². The van der Waals surface area contributed by atoms with Crippen molar-refractivity contribution >= 4 is 17.7 Å². The third kappa shape index (κ3) is 5.91. The lowest BCUT2D eigenvalue weighted by molar-refractivity contribution is -0.121. The van der Waals surface area contributed by atoms with Gasteiger partial charge in [0, 0.05) is 36.8 Å². The topological polar surface area (TPSA) is 71.1 Å². The molecule has 0 radical (unpaired) electrons. The monoisotopic (exact) mass is 431 g/mol. The highest BCUT2D eigenvalue weighted by molar-refractivity contribution is 5.95. The molecular formula is C24H37N3O4. The molecule has 0 spiro atoms. The van der Waals surface area contributed by atoms with Crippen LogP contribution in [0.1, 0.15) is 51.5 Å². The SMILES string of the molecule is CCC(C)C(=O)N(C)c1cc(OCCNC(=O)OCC2CCC3CCCN32)ccc1C.